The van der Waals surface area contributed by atoms with Crippen LogP contribution in [-0.2, 0) is 4.74 Å². The van der Waals surface area contributed by atoms with Gasteiger partial charge in [0, 0.05) is 26.7 Å². The Hall–Kier alpha value is -0.160. The van der Waals surface area contributed by atoms with Gasteiger partial charge in [-0.1, -0.05) is 13.8 Å². The van der Waals surface area contributed by atoms with Gasteiger partial charge in [0.05, 0.1) is 12.7 Å². The number of methoxy groups -OCH3 is 1. The van der Waals surface area contributed by atoms with Gasteiger partial charge in [-0.2, -0.15) is 0 Å². The predicted octanol–water partition coefficient (Wildman–Crippen LogP) is 1.10. The lowest BCUT2D eigenvalue weighted by molar-refractivity contribution is 0.108. The lowest BCUT2D eigenvalue weighted by Crippen LogP contribution is -2.39. The normalized spacial score (nSPS) is 22.7. The number of hydrogen-bond donors (Lipinski definition) is 2. The molecule has 0 amide bonds. The van der Waals surface area contributed by atoms with Gasteiger partial charge >= 0.3 is 0 Å². The Morgan fingerprint density at radius 1 is 1.33 bits per heavy atom. The van der Waals surface area contributed by atoms with E-state index in [-0.39, 0.29) is 6.10 Å². The Morgan fingerprint density at radius 3 is 2.83 bits per heavy atom. The molecule has 4 heteroatoms. The van der Waals surface area contributed by atoms with Crippen molar-refractivity contribution in [1.82, 2.24) is 10.2 Å². The minimum atomic E-state index is -0.275. The molecule has 18 heavy (non-hydrogen) atoms. The SMILES string of the molecule is COCCNCC(O)CN1CCCC(C)(C)CC1. The van der Waals surface area contributed by atoms with Crippen LogP contribution in [0.2, 0.25) is 0 Å². The fraction of sp³-hybridized carbons (Fsp3) is 1.00. The molecule has 1 heterocycles. The van der Waals surface area contributed by atoms with E-state index in [2.05, 4.69) is 24.1 Å². The van der Waals surface area contributed by atoms with Gasteiger partial charge in [0.1, 0.15) is 0 Å². The van der Waals surface area contributed by atoms with Crippen LogP contribution in [0.15, 0.2) is 0 Å². The van der Waals surface area contributed by atoms with Gasteiger partial charge in [-0.3, -0.25) is 0 Å². The molecule has 0 radical (unpaired) electrons. The quantitative estimate of drug-likeness (QED) is 0.671. The monoisotopic (exact) mass is 258 g/mol. The van der Waals surface area contributed by atoms with E-state index in [9.17, 15) is 5.11 Å². The number of aliphatic hydroxyl groups is 1. The van der Waals surface area contributed by atoms with E-state index in [0.717, 1.165) is 26.2 Å². The number of β-amino-alcohol motifs (C(OH)–C–C–N with tert-alkyl or cyclic N) is 1. The Balaban J connectivity index is 2.17. The topological polar surface area (TPSA) is 44.7 Å². The number of hydrogen-bond acceptors (Lipinski definition) is 4. The van der Waals surface area contributed by atoms with E-state index >= 15 is 0 Å². The first-order valence-electron chi connectivity index (χ1n) is 7.13. The van der Waals surface area contributed by atoms with Crippen LogP contribution in [0.3, 0.4) is 0 Å². The Kier molecular flexibility index (Phi) is 7.15. The van der Waals surface area contributed by atoms with Crippen LogP contribution in [0.1, 0.15) is 33.1 Å². The molecule has 1 aliphatic rings. The summed E-state index contributed by atoms with van der Waals surface area (Å²) in [5.41, 5.74) is 0.469. The van der Waals surface area contributed by atoms with Crippen molar-refractivity contribution in [1.29, 1.82) is 0 Å². The molecule has 1 saturated heterocycles. The third kappa shape index (κ3) is 6.69. The molecule has 1 unspecified atom stereocenters. The van der Waals surface area contributed by atoms with Gasteiger partial charge in [0.25, 0.3) is 0 Å². The van der Waals surface area contributed by atoms with Gasteiger partial charge in [0.2, 0.25) is 0 Å². The molecule has 0 aromatic heterocycles. The predicted molar refractivity (Wildman–Crippen MR) is 74.8 cm³/mol. The average molecular weight is 258 g/mol. The first-order valence-corrected chi connectivity index (χ1v) is 7.13. The Morgan fingerprint density at radius 2 is 2.11 bits per heavy atom. The number of nitrogens with one attached hydrogen (secondary N) is 1. The van der Waals surface area contributed by atoms with Crippen LogP contribution in [0.4, 0.5) is 0 Å². The van der Waals surface area contributed by atoms with E-state index in [4.69, 9.17) is 4.74 Å². The number of rotatable bonds is 7. The highest BCUT2D eigenvalue weighted by molar-refractivity contribution is 4.77. The van der Waals surface area contributed by atoms with Crippen LogP contribution >= 0.6 is 0 Å². The molecule has 1 rings (SSSR count). The summed E-state index contributed by atoms with van der Waals surface area (Å²) in [6, 6.07) is 0. The second-order valence-corrected chi connectivity index (χ2v) is 6.17. The lowest BCUT2D eigenvalue weighted by Gasteiger charge is -2.25. The largest absolute Gasteiger partial charge is 0.390 e. The molecule has 1 aliphatic heterocycles. The Labute approximate surface area is 112 Å². The van der Waals surface area contributed by atoms with Crippen molar-refractivity contribution in [2.45, 2.75) is 39.2 Å². The molecule has 1 atom stereocenters. The molecule has 2 N–H and O–H groups in total. The zero-order valence-corrected chi connectivity index (χ0v) is 12.2. The van der Waals surface area contributed by atoms with Gasteiger partial charge in [-0.25, -0.2) is 0 Å². The number of likely N-dealkylation sites (tertiary alicyclic amines) is 1. The second-order valence-electron chi connectivity index (χ2n) is 6.17. The van der Waals surface area contributed by atoms with Gasteiger partial charge in [-0.15, -0.1) is 0 Å². The lowest BCUT2D eigenvalue weighted by atomic mass is 9.85. The number of ether oxygens (including phenoxy) is 1. The van der Waals surface area contributed by atoms with Crippen LogP contribution in [0.5, 0.6) is 0 Å². The van der Waals surface area contributed by atoms with Crippen molar-refractivity contribution in [2.75, 3.05) is 46.4 Å². The summed E-state index contributed by atoms with van der Waals surface area (Å²) in [6.07, 6.45) is 3.50. The third-order valence-electron chi connectivity index (χ3n) is 3.76. The molecule has 0 aromatic carbocycles. The summed E-state index contributed by atoms with van der Waals surface area (Å²) in [7, 11) is 1.69. The molecule has 0 aliphatic carbocycles. The van der Waals surface area contributed by atoms with Crippen molar-refractivity contribution < 1.29 is 9.84 Å². The maximum atomic E-state index is 9.98. The highest BCUT2D eigenvalue weighted by Gasteiger charge is 2.23. The van der Waals surface area contributed by atoms with Crippen molar-refractivity contribution >= 4 is 0 Å². The standard InChI is InChI=1S/C14H30N2O2/c1-14(2)5-4-8-16(9-6-14)12-13(17)11-15-7-10-18-3/h13,15,17H,4-12H2,1-3H3. The zero-order valence-electron chi connectivity index (χ0n) is 12.2. The number of nitrogens with zero attached hydrogens (tertiary/aromatic N) is 1. The summed E-state index contributed by atoms with van der Waals surface area (Å²) in [5, 5.41) is 13.2. The molecule has 4 nitrogen and oxygen atoms in total. The molecule has 0 aromatic rings. The molecule has 0 saturated carbocycles. The average Bonchev–Trinajstić information content (AvgIpc) is 2.47. The van der Waals surface area contributed by atoms with E-state index in [1.807, 2.05) is 0 Å². The maximum Gasteiger partial charge on any atom is 0.0791 e. The number of aliphatic hydroxyl groups excluding tert-OH is 1. The molecule has 0 bridgehead atoms. The van der Waals surface area contributed by atoms with Crippen molar-refractivity contribution in [3.05, 3.63) is 0 Å². The van der Waals surface area contributed by atoms with Crippen LogP contribution in [0.25, 0.3) is 0 Å². The van der Waals surface area contributed by atoms with Crippen LogP contribution in [-0.4, -0.2) is 62.6 Å². The highest BCUT2D eigenvalue weighted by atomic mass is 16.5. The zero-order chi connectivity index (χ0) is 13.4. The van der Waals surface area contributed by atoms with Crippen molar-refractivity contribution in [2.24, 2.45) is 5.41 Å². The minimum absolute atomic E-state index is 0.275. The molecule has 108 valence electrons. The smallest absolute Gasteiger partial charge is 0.0791 e. The summed E-state index contributed by atoms with van der Waals surface area (Å²) in [5.74, 6) is 0. The molecule has 0 spiro atoms. The van der Waals surface area contributed by atoms with Gasteiger partial charge in [-0.05, 0) is 37.8 Å². The first-order chi connectivity index (χ1) is 8.53. The molecular weight excluding hydrogens is 228 g/mol. The van der Waals surface area contributed by atoms with Crippen molar-refractivity contribution in [3.63, 3.8) is 0 Å². The summed E-state index contributed by atoms with van der Waals surface area (Å²) in [4.78, 5) is 2.40. The Bertz CT molecular complexity index is 222. The summed E-state index contributed by atoms with van der Waals surface area (Å²) >= 11 is 0. The highest BCUT2D eigenvalue weighted by Crippen LogP contribution is 2.29. The minimum Gasteiger partial charge on any atom is -0.390 e. The fourth-order valence-electron chi connectivity index (χ4n) is 2.47. The molecular formula is C14H30N2O2. The van der Waals surface area contributed by atoms with E-state index < -0.39 is 0 Å². The van der Waals surface area contributed by atoms with E-state index in [1.54, 1.807) is 7.11 Å². The second kappa shape index (κ2) is 8.10. The summed E-state index contributed by atoms with van der Waals surface area (Å²) in [6.45, 7) is 9.88. The first kappa shape index (κ1) is 15.9. The van der Waals surface area contributed by atoms with Crippen LogP contribution in [0, 0.1) is 5.41 Å². The maximum absolute atomic E-state index is 9.98. The van der Waals surface area contributed by atoms with E-state index in [0.29, 0.717) is 18.6 Å². The van der Waals surface area contributed by atoms with Gasteiger partial charge < -0.3 is 20.1 Å². The fourth-order valence-corrected chi connectivity index (χ4v) is 2.47. The molecule has 1 fully saturated rings. The van der Waals surface area contributed by atoms with E-state index in [1.165, 1.54) is 19.3 Å². The van der Waals surface area contributed by atoms with Crippen molar-refractivity contribution in [3.8, 4) is 0 Å². The van der Waals surface area contributed by atoms with Gasteiger partial charge in [0.15, 0.2) is 0 Å². The van der Waals surface area contributed by atoms with Crippen LogP contribution < -0.4 is 5.32 Å². The third-order valence-corrected chi connectivity index (χ3v) is 3.76. The summed E-state index contributed by atoms with van der Waals surface area (Å²) < 4.78 is 4.96.